The van der Waals surface area contributed by atoms with Gasteiger partial charge in [-0.2, -0.15) is 0 Å². The van der Waals surface area contributed by atoms with Gasteiger partial charge in [0.05, 0.1) is 16.4 Å². The van der Waals surface area contributed by atoms with Crippen LogP contribution in [0.4, 0.5) is 11.4 Å². The van der Waals surface area contributed by atoms with Crippen LogP contribution in [0.5, 0.6) is 5.75 Å². The fourth-order valence-electron chi connectivity index (χ4n) is 3.33. The van der Waals surface area contributed by atoms with E-state index in [-0.39, 0.29) is 24.3 Å². The van der Waals surface area contributed by atoms with Gasteiger partial charge in [-0.25, -0.2) is 0 Å². The van der Waals surface area contributed by atoms with Gasteiger partial charge in [-0.15, -0.1) is 0 Å². The standard InChI is InChI=1S/C16H17ClN2O3/c17-11-5-13-14(22-7-15(20)18-13)6-12(11)19-16(21)10-4-9(10)8-2-1-3-8/h5-6,8-10H,1-4,7H2,(H,18,20)(H,19,21)/t9-,10-/m1/s1. The number of fused-ring (bicyclic) bond motifs is 1. The summed E-state index contributed by atoms with van der Waals surface area (Å²) in [4.78, 5) is 23.6. The second kappa shape index (κ2) is 5.16. The molecule has 1 aromatic rings. The van der Waals surface area contributed by atoms with Crippen molar-refractivity contribution >= 4 is 34.8 Å². The number of halogens is 1. The molecule has 0 saturated heterocycles. The van der Waals surface area contributed by atoms with E-state index in [9.17, 15) is 9.59 Å². The van der Waals surface area contributed by atoms with Crippen molar-refractivity contribution in [2.45, 2.75) is 25.7 Å². The van der Waals surface area contributed by atoms with E-state index >= 15 is 0 Å². The van der Waals surface area contributed by atoms with Crippen molar-refractivity contribution in [2.75, 3.05) is 17.2 Å². The van der Waals surface area contributed by atoms with E-state index in [4.69, 9.17) is 16.3 Å². The molecule has 2 saturated carbocycles. The Labute approximate surface area is 133 Å². The highest BCUT2D eigenvalue weighted by Gasteiger charge is 2.48. The second-order valence-corrected chi connectivity index (χ2v) is 6.76. The van der Waals surface area contributed by atoms with E-state index in [0.29, 0.717) is 28.1 Å². The van der Waals surface area contributed by atoms with E-state index < -0.39 is 0 Å². The highest BCUT2D eigenvalue weighted by molar-refractivity contribution is 6.34. The highest BCUT2D eigenvalue weighted by atomic mass is 35.5. The number of hydrogen-bond donors (Lipinski definition) is 2. The van der Waals surface area contributed by atoms with Crippen molar-refractivity contribution in [1.82, 2.24) is 0 Å². The first-order chi connectivity index (χ1) is 10.6. The van der Waals surface area contributed by atoms with Crippen LogP contribution >= 0.6 is 11.6 Å². The average Bonchev–Trinajstić information content (AvgIpc) is 3.18. The van der Waals surface area contributed by atoms with Crippen molar-refractivity contribution in [1.29, 1.82) is 0 Å². The summed E-state index contributed by atoms with van der Waals surface area (Å²) < 4.78 is 5.35. The zero-order chi connectivity index (χ0) is 15.3. The van der Waals surface area contributed by atoms with Crippen molar-refractivity contribution in [3.8, 4) is 5.75 Å². The van der Waals surface area contributed by atoms with Crippen molar-refractivity contribution < 1.29 is 14.3 Å². The van der Waals surface area contributed by atoms with Gasteiger partial charge in [0.15, 0.2) is 6.61 Å². The summed E-state index contributed by atoms with van der Waals surface area (Å²) in [7, 11) is 0. The lowest BCUT2D eigenvalue weighted by Gasteiger charge is -2.25. The number of benzene rings is 1. The Bertz CT molecular complexity index is 657. The summed E-state index contributed by atoms with van der Waals surface area (Å²) in [6.45, 7) is -0.0194. The van der Waals surface area contributed by atoms with E-state index in [1.54, 1.807) is 12.1 Å². The maximum absolute atomic E-state index is 12.3. The molecule has 2 N–H and O–H groups in total. The van der Waals surface area contributed by atoms with Gasteiger partial charge in [0, 0.05) is 12.0 Å². The molecule has 0 radical (unpaired) electrons. The van der Waals surface area contributed by atoms with Gasteiger partial charge in [-0.1, -0.05) is 30.9 Å². The van der Waals surface area contributed by atoms with Gasteiger partial charge >= 0.3 is 0 Å². The molecule has 2 fully saturated rings. The average molecular weight is 321 g/mol. The van der Waals surface area contributed by atoms with E-state index in [1.807, 2.05) is 0 Å². The third kappa shape index (κ3) is 2.43. The smallest absolute Gasteiger partial charge is 0.262 e. The zero-order valence-electron chi connectivity index (χ0n) is 12.0. The fourth-order valence-corrected chi connectivity index (χ4v) is 3.54. The molecule has 1 aromatic carbocycles. The van der Waals surface area contributed by atoms with Gasteiger partial charge in [-0.05, 0) is 24.3 Å². The Morgan fingerprint density at radius 1 is 1.36 bits per heavy atom. The molecule has 0 bridgehead atoms. The lowest BCUT2D eigenvalue weighted by molar-refractivity contribution is -0.119. The predicted molar refractivity (Wildman–Crippen MR) is 83.1 cm³/mol. The molecular formula is C16H17ClN2O3. The molecule has 6 heteroatoms. The van der Waals surface area contributed by atoms with Crippen molar-refractivity contribution in [2.24, 2.45) is 17.8 Å². The molecule has 2 atom stereocenters. The molecule has 0 aromatic heterocycles. The first-order valence-corrected chi connectivity index (χ1v) is 8.06. The number of rotatable bonds is 3. The van der Waals surface area contributed by atoms with Crippen LogP contribution in [-0.2, 0) is 9.59 Å². The molecule has 2 aliphatic carbocycles. The van der Waals surface area contributed by atoms with E-state index in [1.165, 1.54) is 19.3 Å². The molecule has 22 heavy (non-hydrogen) atoms. The van der Waals surface area contributed by atoms with E-state index in [2.05, 4.69) is 10.6 Å². The summed E-state index contributed by atoms with van der Waals surface area (Å²) in [6.07, 6.45) is 4.82. The van der Waals surface area contributed by atoms with Crippen molar-refractivity contribution in [3.63, 3.8) is 0 Å². The predicted octanol–water partition coefficient (Wildman–Crippen LogP) is 3.05. The maximum atomic E-state index is 12.3. The van der Waals surface area contributed by atoms with Crippen LogP contribution in [0.3, 0.4) is 0 Å². The van der Waals surface area contributed by atoms with Crippen LogP contribution in [0.1, 0.15) is 25.7 Å². The zero-order valence-corrected chi connectivity index (χ0v) is 12.8. The molecule has 4 rings (SSSR count). The van der Waals surface area contributed by atoms with Crippen LogP contribution in [0, 0.1) is 17.8 Å². The summed E-state index contributed by atoms with van der Waals surface area (Å²) in [5, 5.41) is 6.00. The van der Waals surface area contributed by atoms with Crippen molar-refractivity contribution in [3.05, 3.63) is 17.2 Å². The van der Waals surface area contributed by atoms with Gasteiger partial charge in [0.25, 0.3) is 5.91 Å². The normalized spacial score (nSPS) is 26.3. The SMILES string of the molecule is O=C1COc2cc(NC(=O)[C@@H]3C[C@@H]3C3CCC3)c(Cl)cc2N1. The van der Waals surface area contributed by atoms with Crippen LogP contribution in [0.2, 0.25) is 5.02 Å². The summed E-state index contributed by atoms with van der Waals surface area (Å²) in [5.41, 5.74) is 1.08. The fraction of sp³-hybridized carbons (Fsp3) is 0.500. The third-order valence-electron chi connectivity index (χ3n) is 4.89. The summed E-state index contributed by atoms with van der Waals surface area (Å²) in [5.74, 6) is 1.79. The molecule has 2 amide bonds. The number of anilines is 2. The Morgan fingerprint density at radius 3 is 2.91 bits per heavy atom. The monoisotopic (exact) mass is 320 g/mol. The molecular weight excluding hydrogens is 304 g/mol. The molecule has 1 aliphatic heterocycles. The number of nitrogens with one attached hydrogen (secondary N) is 2. The third-order valence-corrected chi connectivity index (χ3v) is 5.20. The minimum Gasteiger partial charge on any atom is -0.482 e. The second-order valence-electron chi connectivity index (χ2n) is 6.35. The number of amides is 2. The Hall–Kier alpha value is -1.75. The largest absolute Gasteiger partial charge is 0.482 e. The van der Waals surface area contributed by atoms with Crippen LogP contribution in [-0.4, -0.2) is 18.4 Å². The van der Waals surface area contributed by atoms with Gasteiger partial charge in [0.1, 0.15) is 5.75 Å². The van der Waals surface area contributed by atoms with Gasteiger partial charge < -0.3 is 15.4 Å². The maximum Gasteiger partial charge on any atom is 0.262 e. The molecule has 0 spiro atoms. The molecule has 0 unspecified atom stereocenters. The molecule has 5 nitrogen and oxygen atoms in total. The van der Waals surface area contributed by atoms with Gasteiger partial charge in [0.2, 0.25) is 5.91 Å². The quantitative estimate of drug-likeness (QED) is 0.899. The van der Waals surface area contributed by atoms with Crippen LogP contribution in [0.15, 0.2) is 12.1 Å². The van der Waals surface area contributed by atoms with Gasteiger partial charge in [-0.3, -0.25) is 9.59 Å². The molecule has 1 heterocycles. The minimum atomic E-state index is -0.207. The first-order valence-electron chi connectivity index (χ1n) is 7.69. The minimum absolute atomic E-state index is 0.0194. The highest BCUT2D eigenvalue weighted by Crippen LogP contribution is 2.52. The van der Waals surface area contributed by atoms with Crippen LogP contribution in [0.25, 0.3) is 0 Å². The molecule has 116 valence electrons. The Kier molecular flexibility index (Phi) is 3.26. The van der Waals surface area contributed by atoms with Crippen LogP contribution < -0.4 is 15.4 Å². The number of carbonyl (C=O) groups excluding carboxylic acids is 2. The number of ether oxygens (including phenoxy) is 1. The summed E-state index contributed by atoms with van der Waals surface area (Å²) >= 11 is 6.19. The molecule has 3 aliphatic rings. The number of carbonyl (C=O) groups is 2. The topological polar surface area (TPSA) is 67.4 Å². The van der Waals surface area contributed by atoms with E-state index in [0.717, 1.165) is 12.3 Å². The lowest BCUT2D eigenvalue weighted by Crippen LogP contribution is -2.25. The lowest BCUT2D eigenvalue weighted by atomic mass is 9.81. The number of hydrogen-bond acceptors (Lipinski definition) is 3. The summed E-state index contributed by atoms with van der Waals surface area (Å²) in [6, 6.07) is 3.29. The Balaban J connectivity index is 1.46. The Morgan fingerprint density at radius 2 is 2.18 bits per heavy atom. The first kappa shape index (κ1) is 13.9.